The molecule has 1 saturated carbocycles. The van der Waals surface area contributed by atoms with Crippen LogP contribution in [0.3, 0.4) is 0 Å². The van der Waals surface area contributed by atoms with E-state index in [1.807, 2.05) is 48.5 Å². The van der Waals surface area contributed by atoms with E-state index in [2.05, 4.69) is 5.32 Å². The lowest BCUT2D eigenvalue weighted by Crippen LogP contribution is -2.49. The highest BCUT2D eigenvalue weighted by Gasteiger charge is 2.45. The molecule has 0 saturated heterocycles. The second-order valence-corrected chi connectivity index (χ2v) is 6.65. The Kier molecular flexibility index (Phi) is 4.09. The van der Waals surface area contributed by atoms with E-state index in [0.717, 1.165) is 18.4 Å². The summed E-state index contributed by atoms with van der Waals surface area (Å²) in [6, 6.07) is 16.8. The summed E-state index contributed by atoms with van der Waals surface area (Å²) in [5, 5.41) is 14.0. The van der Waals surface area contributed by atoms with Crippen LogP contribution in [0.25, 0.3) is 0 Å². The molecule has 0 unspecified atom stereocenters. The molecule has 2 aliphatic rings. The van der Waals surface area contributed by atoms with Gasteiger partial charge in [-0.2, -0.15) is 0 Å². The fourth-order valence-corrected chi connectivity index (χ4v) is 3.25. The number of hydrogen-bond donors (Lipinski definition) is 2. The minimum atomic E-state index is -1.04. The van der Waals surface area contributed by atoms with Gasteiger partial charge in [0.15, 0.2) is 11.5 Å². The van der Waals surface area contributed by atoms with Gasteiger partial charge in [-0.05, 0) is 36.5 Å². The molecule has 1 aliphatic heterocycles. The predicted molar refractivity (Wildman–Crippen MR) is 92.4 cm³/mol. The van der Waals surface area contributed by atoms with Crippen molar-refractivity contribution in [2.75, 3.05) is 13.2 Å². The molecule has 4 rings (SSSR count). The third-order valence-electron chi connectivity index (χ3n) is 4.86. The Morgan fingerprint density at radius 2 is 1.76 bits per heavy atom. The molecule has 0 aromatic heterocycles. The maximum atomic E-state index is 12.5. The van der Waals surface area contributed by atoms with E-state index in [1.54, 1.807) is 6.07 Å². The first-order valence-electron chi connectivity index (χ1n) is 8.61. The molecule has 1 fully saturated rings. The van der Waals surface area contributed by atoms with Crippen LogP contribution in [0.1, 0.15) is 18.4 Å². The van der Waals surface area contributed by atoms with Crippen LogP contribution in [0.5, 0.6) is 11.5 Å². The van der Waals surface area contributed by atoms with Crippen LogP contribution in [0.15, 0.2) is 54.6 Å². The lowest BCUT2D eigenvalue weighted by atomic mass is 9.88. The van der Waals surface area contributed by atoms with Crippen molar-refractivity contribution in [3.8, 4) is 11.5 Å². The van der Waals surface area contributed by atoms with Crippen molar-refractivity contribution in [2.45, 2.75) is 24.5 Å². The Labute approximate surface area is 146 Å². The molecule has 0 bridgehead atoms. The van der Waals surface area contributed by atoms with E-state index >= 15 is 0 Å². The number of ether oxygens (including phenoxy) is 2. The Morgan fingerprint density at radius 3 is 2.48 bits per heavy atom. The standard InChI is InChI=1S/C20H21NO4/c22-19(18-12-24-16-8-4-5-9-17(16)25-18)21-13-20(23,15-10-11-15)14-6-2-1-3-7-14/h1-9,15,18,23H,10-13H2,(H,21,22)/t18-,20-/m0/s1. The summed E-state index contributed by atoms with van der Waals surface area (Å²) in [5.41, 5.74) is -0.200. The summed E-state index contributed by atoms with van der Waals surface area (Å²) in [6.45, 7) is 0.331. The summed E-state index contributed by atoms with van der Waals surface area (Å²) >= 11 is 0. The van der Waals surface area contributed by atoms with Crippen molar-refractivity contribution in [1.29, 1.82) is 0 Å². The van der Waals surface area contributed by atoms with Gasteiger partial charge in [0.05, 0.1) is 6.54 Å². The second-order valence-electron chi connectivity index (χ2n) is 6.65. The second kappa shape index (κ2) is 6.41. The van der Waals surface area contributed by atoms with Gasteiger partial charge in [0.2, 0.25) is 6.10 Å². The van der Waals surface area contributed by atoms with E-state index in [1.165, 1.54) is 0 Å². The fourth-order valence-electron chi connectivity index (χ4n) is 3.25. The minimum absolute atomic E-state index is 0.163. The Balaban J connectivity index is 1.43. The number of nitrogens with one attached hydrogen (secondary N) is 1. The highest BCUT2D eigenvalue weighted by Crippen LogP contribution is 2.45. The first-order chi connectivity index (χ1) is 12.2. The number of aliphatic hydroxyl groups is 1. The monoisotopic (exact) mass is 339 g/mol. The molecule has 5 heteroatoms. The van der Waals surface area contributed by atoms with Crippen molar-refractivity contribution in [2.24, 2.45) is 5.92 Å². The van der Waals surface area contributed by atoms with Gasteiger partial charge < -0.3 is 19.9 Å². The van der Waals surface area contributed by atoms with Gasteiger partial charge in [-0.15, -0.1) is 0 Å². The van der Waals surface area contributed by atoms with Gasteiger partial charge in [0.25, 0.3) is 5.91 Å². The van der Waals surface area contributed by atoms with Crippen molar-refractivity contribution >= 4 is 5.91 Å². The highest BCUT2D eigenvalue weighted by molar-refractivity contribution is 5.81. The molecular formula is C20H21NO4. The Bertz CT molecular complexity index is 759. The van der Waals surface area contributed by atoms with Crippen molar-refractivity contribution in [1.82, 2.24) is 5.32 Å². The largest absolute Gasteiger partial charge is 0.485 e. The van der Waals surface area contributed by atoms with E-state index in [4.69, 9.17) is 9.47 Å². The normalized spacial score (nSPS) is 21.2. The van der Waals surface area contributed by atoms with Crippen LogP contribution in [-0.4, -0.2) is 30.3 Å². The third kappa shape index (κ3) is 3.20. The Morgan fingerprint density at radius 1 is 1.08 bits per heavy atom. The van der Waals surface area contributed by atoms with Gasteiger partial charge in [0.1, 0.15) is 12.2 Å². The average Bonchev–Trinajstić information content (AvgIpc) is 3.52. The maximum absolute atomic E-state index is 12.5. The molecule has 0 radical (unpaired) electrons. The van der Waals surface area contributed by atoms with Gasteiger partial charge >= 0.3 is 0 Å². The molecule has 1 aliphatic carbocycles. The number of hydrogen-bond acceptors (Lipinski definition) is 4. The number of carbonyl (C=O) groups is 1. The highest BCUT2D eigenvalue weighted by atomic mass is 16.6. The third-order valence-corrected chi connectivity index (χ3v) is 4.86. The predicted octanol–water partition coefficient (Wildman–Crippen LogP) is 2.24. The van der Waals surface area contributed by atoms with Crippen LogP contribution in [-0.2, 0) is 10.4 Å². The van der Waals surface area contributed by atoms with E-state index in [9.17, 15) is 9.90 Å². The smallest absolute Gasteiger partial charge is 0.264 e. The lowest BCUT2D eigenvalue weighted by Gasteiger charge is -2.31. The summed E-state index contributed by atoms with van der Waals surface area (Å²) in [5.74, 6) is 1.11. The summed E-state index contributed by atoms with van der Waals surface area (Å²) in [7, 11) is 0. The molecule has 1 heterocycles. The minimum Gasteiger partial charge on any atom is -0.485 e. The van der Waals surface area contributed by atoms with Gasteiger partial charge in [-0.1, -0.05) is 42.5 Å². The van der Waals surface area contributed by atoms with E-state index < -0.39 is 11.7 Å². The number of amides is 1. The van der Waals surface area contributed by atoms with Crippen LogP contribution in [0, 0.1) is 5.92 Å². The van der Waals surface area contributed by atoms with Crippen LogP contribution in [0.4, 0.5) is 0 Å². The first kappa shape index (κ1) is 16.0. The molecule has 2 aromatic carbocycles. The van der Waals surface area contributed by atoms with Crippen LogP contribution >= 0.6 is 0 Å². The van der Waals surface area contributed by atoms with Gasteiger partial charge in [0, 0.05) is 0 Å². The lowest BCUT2D eigenvalue weighted by molar-refractivity contribution is -0.132. The topological polar surface area (TPSA) is 67.8 Å². The zero-order chi connectivity index (χ0) is 17.3. The molecule has 2 atom stereocenters. The summed E-state index contributed by atoms with van der Waals surface area (Å²) < 4.78 is 11.3. The molecule has 5 nitrogen and oxygen atoms in total. The number of para-hydroxylation sites is 2. The molecule has 1 amide bonds. The SMILES string of the molecule is O=C(NC[C@](O)(c1ccccc1)C1CC1)[C@@H]1COc2ccccc2O1. The number of rotatable bonds is 5. The van der Waals surface area contributed by atoms with Crippen molar-refractivity contribution in [3.63, 3.8) is 0 Å². The van der Waals surface area contributed by atoms with E-state index in [-0.39, 0.29) is 25.0 Å². The average molecular weight is 339 g/mol. The van der Waals surface area contributed by atoms with Gasteiger partial charge in [-0.25, -0.2) is 0 Å². The maximum Gasteiger partial charge on any atom is 0.264 e. The zero-order valence-corrected chi connectivity index (χ0v) is 13.9. The molecule has 2 aromatic rings. The molecule has 2 N–H and O–H groups in total. The van der Waals surface area contributed by atoms with E-state index in [0.29, 0.717) is 11.5 Å². The first-order valence-corrected chi connectivity index (χ1v) is 8.61. The molecule has 130 valence electrons. The number of benzene rings is 2. The van der Waals surface area contributed by atoms with Crippen molar-refractivity contribution in [3.05, 3.63) is 60.2 Å². The van der Waals surface area contributed by atoms with Crippen molar-refractivity contribution < 1.29 is 19.4 Å². The summed E-state index contributed by atoms with van der Waals surface area (Å²) in [4.78, 5) is 12.5. The quantitative estimate of drug-likeness (QED) is 0.877. The zero-order valence-electron chi connectivity index (χ0n) is 13.9. The Hall–Kier alpha value is -2.53. The number of carbonyl (C=O) groups excluding carboxylic acids is 1. The van der Waals surface area contributed by atoms with Crippen LogP contribution < -0.4 is 14.8 Å². The molecule has 0 spiro atoms. The van der Waals surface area contributed by atoms with Crippen LogP contribution in [0.2, 0.25) is 0 Å². The van der Waals surface area contributed by atoms with Gasteiger partial charge in [-0.3, -0.25) is 4.79 Å². The molecular weight excluding hydrogens is 318 g/mol. The molecule has 25 heavy (non-hydrogen) atoms. The fraction of sp³-hybridized carbons (Fsp3) is 0.350. The number of fused-ring (bicyclic) bond motifs is 1. The summed E-state index contributed by atoms with van der Waals surface area (Å²) in [6.07, 6.45) is 1.23.